The lowest BCUT2D eigenvalue weighted by molar-refractivity contribution is 0.0506. The van der Waals surface area contributed by atoms with Gasteiger partial charge in [-0.05, 0) is 31.2 Å². The molecule has 1 fully saturated rings. The molecule has 0 saturated heterocycles. The fraction of sp³-hybridized carbons (Fsp3) is 0.455. The van der Waals surface area contributed by atoms with E-state index in [2.05, 4.69) is 21.1 Å². The zero-order valence-electron chi connectivity index (χ0n) is 16.6. The van der Waals surface area contributed by atoms with Crippen LogP contribution in [0.3, 0.4) is 0 Å². The highest BCUT2D eigenvalue weighted by molar-refractivity contribution is 6.06. The number of rotatable bonds is 7. The number of aromatic nitrogens is 4. The lowest BCUT2D eigenvalue weighted by atomic mass is 9.96. The molecule has 150 valence electrons. The van der Waals surface area contributed by atoms with Gasteiger partial charge in [-0.2, -0.15) is 10.4 Å². The van der Waals surface area contributed by atoms with E-state index in [0.717, 1.165) is 35.8 Å². The van der Waals surface area contributed by atoms with Gasteiger partial charge in [0.15, 0.2) is 0 Å². The van der Waals surface area contributed by atoms with Crippen molar-refractivity contribution in [3.8, 4) is 17.2 Å². The highest BCUT2D eigenvalue weighted by Crippen LogP contribution is 2.37. The van der Waals surface area contributed by atoms with E-state index < -0.39 is 0 Å². The zero-order chi connectivity index (χ0) is 20.2. The van der Waals surface area contributed by atoms with Gasteiger partial charge < -0.3 is 9.72 Å². The second kappa shape index (κ2) is 8.48. The molecule has 1 aliphatic carbocycles. The molecule has 1 atom stereocenters. The van der Waals surface area contributed by atoms with E-state index in [9.17, 15) is 10.1 Å². The van der Waals surface area contributed by atoms with Crippen LogP contribution >= 0.6 is 0 Å². The van der Waals surface area contributed by atoms with Crippen molar-refractivity contribution < 1.29 is 9.53 Å². The Labute approximate surface area is 169 Å². The predicted molar refractivity (Wildman–Crippen MR) is 109 cm³/mol. The highest BCUT2D eigenvalue weighted by Gasteiger charge is 2.28. The van der Waals surface area contributed by atoms with E-state index in [4.69, 9.17) is 4.74 Å². The Kier molecular flexibility index (Phi) is 5.61. The molecular formula is C22H25N5O2. The van der Waals surface area contributed by atoms with Crippen molar-refractivity contribution in [2.24, 2.45) is 5.92 Å². The van der Waals surface area contributed by atoms with Crippen molar-refractivity contribution in [3.63, 3.8) is 0 Å². The quantitative estimate of drug-likeness (QED) is 0.592. The molecule has 0 amide bonds. The van der Waals surface area contributed by atoms with Gasteiger partial charge in [-0.3, -0.25) is 4.68 Å². The summed E-state index contributed by atoms with van der Waals surface area (Å²) in [5.41, 5.74) is 2.75. The van der Waals surface area contributed by atoms with Gasteiger partial charge in [0.2, 0.25) is 0 Å². The molecule has 7 nitrogen and oxygen atoms in total. The smallest absolute Gasteiger partial charge is 0.340 e. The van der Waals surface area contributed by atoms with Crippen molar-refractivity contribution in [1.29, 1.82) is 5.26 Å². The molecular weight excluding hydrogens is 366 g/mol. The van der Waals surface area contributed by atoms with Gasteiger partial charge in [0.05, 0.1) is 36.9 Å². The minimum Gasteiger partial charge on any atom is -0.462 e. The maximum absolute atomic E-state index is 12.7. The topological polar surface area (TPSA) is 96.6 Å². The predicted octanol–water partition coefficient (Wildman–Crippen LogP) is 4.64. The van der Waals surface area contributed by atoms with Gasteiger partial charge >= 0.3 is 5.97 Å². The molecule has 29 heavy (non-hydrogen) atoms. The molecule has 3 aromatic rings. The number of carbonyl (C=O) groups is 1. The Balaban J connectivity index is 1.75. The van der Waals surface area contributed by atoms with Gasteiger partial charge in [-0.1, -0.05) is 19.8 Å². The lowest BCUT2D eigenvalue weighted by Crippen LogP contribution is -2.17. The number of fused-ring (bicyclic) bond motifs is 1. The van der Waals surface area contributed by atoms with Gasteiger partial charge in [-0.25, -0.2) is 9.78 Å². The fourth-order valence-electron chi connectivity index (χ4n) is 4.31. The van der Waals surface area contributed by atoms with Crippen LogP contribution in [-0.2, 0) is 4.74 Å². The fourth-order valence-corrected chi connectivity index (χ4v) is 4.31. The molecule has 1 N–H and O–H groups in total. The van der Waals surface area contributed by atoms with E-state index in [1.54, 1.807) is 12.4 Å². The number of H-pyrrole nitrogens is 1. The highest BCUT2D eigenvalue weighted by atomic mass is 16.5. The van der Waals surface area contributed by atoms with Gasteiger partial charge in [0, 0.05) is 35.1 Å². The number of nitrogens with zero attached hydrogens (tertiary/aromatic N) is 4. The van der Waals surface area contributed by atoms with Crippen LogP contribution in [0.5, 0.6) is 0 Å². The summed E-state index contributed by atoms with van der Waals surface area (Å²) in [6.45, 7) is 2.33. The van der Waals surface area contributed by atoms with E-state index in [1.165, 1.54) is 12.8 Å². The Bertz CT molecular complexity index is 1040. The summed E-state index contributed by atoms with van der Waals surface area (Å²) in [5.74, 6) is 0.0932. The third-order valence-electron chi connectivity index (χ3n) is 5.72. The summed E-state index contributed by atoms with van der Waals surface area (Å²) in [6, 6.07) is 4.30. The van der Waals surface area contributed by atoms with Crippen molar-refractivity contribution in [3.05, 3.63) is 36.4 Å². The number of hydrogen-bond donors (Lipinski definition) is 1. The van der Waals surface area contributed by atoms with Crippen molar-refractivity contribution in [2.75, 3.05) is 6.61 Å². The molecule has 3 heterocycles. The van der Waals surface area contributed by atoms with Crippen LogP contribution in [0.25, 0.3) is 22.2 Å². The molecule has 0 spiro atoms. The van der Waals surface area contributed by atoms with Crippen molar-refractivity contribution in [1.82, 2.24) is 19.7 Å². The number of aromatic amines is 1. The van der Waals surface area contributed by atoms with Crippen LogP contribution in [0.2, 0.25) is 0 Å². The Morgan fingerprint density at radius 1 is 1.41 bits per heavy atom. The molecule has 0 radical (unpaired) electrons. The number of hydrogen-bond acceptors (Lipinski definition) is 5. The largest absolute Gasteiger partial charge is 0.462 e. The molecule has 1 aliphatic rings. The average Bonchev–Trinajstić information content (AvgIpc) is 3.50. The van der Waals surface area contributed by atoms with Crippen LogP contribution in [0.15, 0.2) is 30.9 Å². The van der Waals surface area contributed by atoms with Gasteiger partial charge in [-0.15, -0.1) is 0 Å². The third kappa shape index (κ3) is 3.75. The molecule has 0 aromatic carbocycles. The van der Waals surface area contributed by atoms with Crippen LogP contribution in [0.1, 0.15) is 61.8 Å². The normalized spacial score (nSPS) is 15.4. The standard InChI is InChI=1S/C22H25N5O2/c1-2-11-29-22(28)18-13-25-21-17(8-10-24-21)20(18)16-12-26-27(14-16)19(7-9-23)15-5-3-4-6-15/h8,10,12-15,19H,2-7,11H2,1H3,(H,24,25). The number of nitriles is 1. The third-order valence-corrected chi connectivity index (χ3v) is 5.72. The molecule has 1 saturated carbocycles. The number of ether oxygens (including phenoxy) is 1. The second-order valence-electron chi connectivity index (χ2n) is 7.61. The van der Waals surface area contributed by atoms with E-state index in [1.807, 2.05) is 30.1 Å². The zero-order valence-corrected chi connectivity index (χ0v) is 16.6. The summed E-state index contributed by atoms with van der Waals surface area (Å²) >= 11 is 0. The average molecular weight is 391 g/mol. The Morgan fingerprint density at radius 2 is 2.24 bits per heavy atom. The van der Waals surface area contributed by atoms with Gasteiger partial charge in [0.25, 0.3) is 0 Å². The van der Waals surface area contributed by atoms with Crippen LogP contribution in [-0.4, -0.2) is 32.3 Å². The molecule has 0 aliphatic heterocycles. The summed E-state index contributed by atoms with van der Waals surface area (Å²) in [6.07, 6.45) is 13.0. The minimum atomic E-state index is -0.380. The first-order chi connectivity index (χ1) is 14.2. The molecule has 0 bridgehead atoms. The van der Waals surface area contributed by atoms with Crippen LogP contribution < -0.4 is 0 Å². The number of carbonyl (C=O) groups excluding carboxylic acids is 1. The van der Waals surface area contributed by atoms with E-state index in [0.29, 0.717) is 30.2 Å². The molecule has 3 aromatic heterocycles. The minimum absolute atomic E-state index is 0.0651. The van der Waals surface area contributed by atoms with E-state index in [-0.39, 0.29) is 12.0 Å². The Morgan fingerprint density at radius 3 is 3.00 bits per heavy atom. The first kappa shape index (κ1) is 19.2. The number of esters is 1. The lowest BCUT2D eigenvalue weighted by Gasteiger charge is -2.21. The molecule has 7 heteroatoms. The summed E-state index contributed by atoms with van der Waals surface area (Å²) < 4.78 is 7.29. The van der Waals surface area contributed by atoms with Crippen LogP contribution in [0.4, 0.5) is 0 Å². The van der Waals surface area contributed by atoms with Crippen molar-refractivity contribution in [2.45, 2.75) is 51.5 Å². The van der Waals surface area contributed by atoms with Crippen molar-refractivity contribution >= 4 is 17.0 Å². The first-order valence-corrected chi connectivity index (χ1v) is 10.3. The van der Waals surface area contributed by atoms with Gasteiger partial charge in [0.1, 0.15) is 5.65 Å². The summed E-state index contributed by atoms with van der Waals surface area (Å²) in [4.78, 5) is 20.1. The number of pyridine rings is 1. The van der Waals surface area contributed by atoms with E-state index >= 15 is 0 Å². The summed E-state index contributed by atoms with van der Waals surface area (Å²) in [7, 11) is 0. The molecule has 4 rings (SSSR count). The second-order valence-corrected chi connectivity index (χ2v) is 7.61. The Hall–Kier alpha value is -3.14. The maximum Gasteiger partial charge on any atom is 0.340 e. The number of nitrogens with one attached hydrogen (secondary N) is 1. The monoisotopic (exact) mass is 391 g/mol. The molecule has 1 unspecified atom stereocenters. The maximum atomic E-state index is 12.7. The first-order valence-electron chi connectivity index (χ1n) is 10.3. The SMILES string of the molecule is CCCOC(=O)c1cnc2[nH]ccc2c1-c1cnn(C(CC#N)C2CCCC2)c1. The summed E-state index contributed by atoms with van der Waals surface area (Å²) in [5, 5.41) is 14.8. The van der Waals surface area contributed by atoms with Crippen LogP contribution in [0, 0.1) is 17.2 Å².